The van der Waals surface area contributed by atoms with Gasteiger partial charge >= 0.3 is 0 Å². The Bertz CT molecular complexity index is 744. The van der Waals surface area contributed by atoms with Gasteiger partial charge in [-0.1, -0.05) is 13.8 Å². The largest absolute Gasteiger partial charge is 0.382 e. The number of rotatable bonds is 3. The topological polar surface area (TPSA) is 72.8 Å². The summed E-state index contributed by atoms with van der Waals surface area (Å²) in [6.07, 6.45) is 9.63. The van der Waals surface area contributed by atoms with Crippen LogP contribution in [0.2, 0.25) is 0 Å². The van der Waals surface area contributed by atoms with Crippen LogP contribution in [-0.4, -0.2) is 41.3 Å². The Balaban J connectivity index is 1.52. The Morgan fingerprint density at radius 2 is 1.94 bits per heavy atom. The molecule has 5 fully saturated rings. The fraction of sp³-hybridized carbons (Fsp3) is 0.923. The van der Waals surface area contributed by atoms with Crippen LogP contribution in [0.1, 0.15) is 91.4 Å². The molecule has 0 radical (unpaired) electrons. The first kappa shape index (κ1) is 22.0. The van der Waals surface area contributed by atoms with Crippen LogP contribution in [0.4, 0.5) is 0 Å². The minimum atomic E-state index is -1.25. The van der Waals surface area contributed by atoms with Crippen LogP contribution in [0.5, 0.6) is 0 Å². The van der Waals surface area contributed by atoms with E-state index in [1.54, 1.807) is 6.92 Å². The molecule has 0 spiro atoms. The summed E-state index contributed by atoms with van der Waals surface area (Å²) in [6, 6.07) is 0. The fourth-order valence-electron chi connectivity index (χ4n) is 8.86. The van der Waals surface area contributed by atoms with Crippen molar-refractivity contribution in [3.63, 3.8) is 0 Å². The molecule has 5 unspecified atom stereocenters. The first-order chi connectivity index (χ1) is 14.7. The normalized spacial score (nSPS) is 52.2. The first-order valence-corrected chi connectivity index (χ1v) is 12.7. The maximum Gasteiger partial charge on any atom is 0.161 e. The van der Waals surface area contributed by atoms with Crippen molar-refractivity contribution in [1.29, 1.82) is 0 Å². The van der Waals surface area contributed by atoms with Gasteiger partial charge < -0.3 is 14.6 Å². The van der Waals surface area contributed by atoms with Gasteiger partial charge in [0.2, 0.25) is 0 Å². The van der Waals surface area contributed by atoms with Gasteiger partial charge in [-0.25, -0.2) is 0 Å². The molecule has 0 bridgehead atoms. The summed E-state index contributed by atoms with van der Waals surface area (Å²) in [7, 11) is 0. The smallest absolute Gasteiger partial charge is 0.161 e. The second-order valence-electron chi connectivity index (χ2n) is 11.9. The lowest BCUT2D eigenvalue weighted by Gasteiger charge is -2.63. The van der Waals surface area contributed by atoms with Gasteiger partial charge in [0.15, 0.2) is 12.1 Å². The van der Waals surface area contributed by atoms with E-state index in [-0.39, 0.29) is 23.6 Å². The molecular weight excluding hydrogens is 392 g/mol. The molecule has 5 rings (SSSR count). The van der Waals surface area contributed by atoms with E-state index >= 15 is 0 Å². The number of hydrogen-bond donors (Lipinski definition) is 1. The number of ether oxygens (including phenoxy) is 2. The van der Waals surface area contributed by atoms with Crippen molar-refractivity contribution in [2.24, 2.45) is 34.5 Å². The van der Waals surface area contributed by atoms with Crippen LogP contribution in [0, 0.1) is 34.5 Å². The van der Waals surface area contributed by atoms with Gasteiger partial charge in [-0.3, -0.25) is 9.59 Å². The average molecular weight is 433 g/mol. The molecule has 0 aromatic rings. The van der Waals surface area contributed by atoms with E-state index < -0.39 is 11.0 Å². The Kier molecular flexibility index (Phi) is 5.42. The second-order valence-corrected chi connectivity index (χ2v) is 11.9. The van der Waals surface area contributed by atoms with Crippen molar-refractivity contribution < 1.29 is 24.2 Å². The van der Waals surface area contributed by atoms with Gasteiger partial charge in [0, 0.05) is 24.9 Å². The number of ketones is 2. The highest BCUT2D eigenvalue weighted by molar-refractivity contribution is 5.86. The van der Waals surface area contributed by atoms with Gasteiger partial charge in [0.1, 0.15) is 11.4 Å². The molecule has 0 aromatic heterocycles. The molecule has 0 amide bonds. The predicted octanol–water partition coefficient (Wildman–Crippen LogP) is 4.44. The second kappa shape index (κ2) is 7.63. The zero-order chi connectivity index (χ0) is 22.0. The van der Waals surface area contributed by atoms with E-state index in [0.29, 0.717) is 55.1 Å². The molecule has 1 saturated heterocycles. The molecule has 9 atom stereocenters. The third-order valence-electron chi connectivity index (χ3n) is 10.6. The maximum absolute atomic E-state index is 12.7. The molecule has 5 heteroatoms. The van der Waals surface area contributed by atoms with E-state index in [0.717, 1.165) is 51.6 Å². The van der Waals surface area contributed by atoms with Crippen LogP contribution in [0.25, 0.3) is 0 Å². The van der Waals surface area contributed by atoms with Crippen molar-refractivity contribution in [3.05, 3.63) is 0 Å². The predicted molar refractivity (Wildman–Crippen MR) is 116 cm³/mol. The molecule has 1 aliphatic heterocycles. The third-order valence-corrected chi connectivity index (χ3v) is 10.6. The molecule has 5 nitrogen and oxygen atoms in total. The Morgan fingerprint density at radius 3 is 2.65 bits per heavy atom. The summed E-state index contributed by atoms with van der Waals surface area (Å²) < 4.78 is 12.7. The minimum Gasteiger partial charge on any atom is -0.382 e. The van der Waals surface area contributed by atoms with Gasteiger partial charge in [-0.05, 0) is 93.8 Å². The monoisotopic (exact) mass is 432 g/mol. The Hall–Kier alpha value is -0.780. The van der Waals surface area contributed by atoms with Crippen molar-refractivity contribution >= 4 is 11.6 Å². The molecule has 31 heavy (non-hydrogen) atoms. The highest BCUT2D eigenvalue weighted by Crippen LogP contribution is 2.68. The summed E-state index contributed by atoms with van der Waals surface area (Å²) in [5.74, 6) is 1.92. The van der Waals surface area contributed by atoms with Crippen molar-refractivity contribution in [1.82, 2.24) is 0 Å². The lowest BCUT2D eigenvalue weighted by Crippen LogP contribution is -2.63. The molecular formula is C26H40O5. The molecule has 0 aromatic carbocycles. The van der Waals surface area contributed by atoms with E-state index in [4.69, 9.17) is 9.47 Å². The number of carbonyl (C=O) groups is 2. The van der Waals surface area contributed by atoms with Gasteiger partial charge in [0.25, 0.3) is 0 Å². The summed E-state index contributed by atoms with van der Waals surface area (Å²) in [6.45, 7) is 6.87. The molecule has 174 valence electrons. The van der Waals surface area contributed by atoms with Crippen LogP contribution < -0.4 is 0 Å². The third kappa shape index (κ3) is 3.20. The van der Waals surface area contributed by atoms with Crippen molar-refractivity contribution in [2.75, 3.05) is 6.61 Å². The molecule has 4 aliphatic carbocycles. The summed E-state index contributed by atoms with van der Waals surface area (Å²) in [4.78, 5) is 24.9. The molecule has 5 aliphatic rings. The number of hydrogen-bond acceptors (Lipinski definition) is 5. The molecule has 4 saturated carbocycles. The molecule has 1 heterocycles. The number of aliphatic hydroxyl groups is 1. The highest BCUT2D eigenvalue weighted by Gasteiger charge is 2.68. The highest BCUT2D eigenvalue weighted by atomic mass is 16.7. The fourth-order valence-corrected chi connectivity index (χ4v) is 8.86. The number of carbonyl (C=O) groups excluding carboxylic acids is 2. The van der Waals surface area contributed by atoms with Crippen LogP contribution in [0.15, 0.2) is 0 Å². The maximum atomic E-state index is 12.7. The zero-order valence-corrected chi connectivity index (χ0v) is 19.5. The van der Waals surface area contributed by atoms with E-state index in [9.17, 15) is 14.7 Å². The summed E-state index contributed by atoms with van der Waals surface area (Å²) >= 11 is 0. The van der Waals surface area contributed by atoms with Gasteiger partial charge in [-0.2, -0.15) is 0 Å². The Labute approximate surface area is 186 Å². The zero-order valence-electron chi connectivity index (χ0n) is 19.5. The summed E-state index contributed by atoms with van der Waals surface area (Å²) in [5, 5.41) is 11.6. The lowest BCUT2D eigenvalue weighted by molar-refractivity contribution is -0.260. The van der Waals surface area contributed by atoms with Crippen LogP contribution in [0.3, 0.4) is 0 Å². The van der Waals surface area contributed by atoms with Crippen LogP contribution in [-0.2, 0) is 19.1 Å². The van der Waals surface area contributed by atoms with E-state index in [2.05, 4.69) is 13.8 Å². The minimum absolute atomic E-state index is 0.0284. The number of fused-ring (bicyclic) bond motifs is 5. The van der Waals surface area contributed by atoms with Crippen molar-refractivity contribution in [2.45, 2.75) is 109 Å². The van der Waals surface area contributed by atoms with E-state index in [1.165, 1.54) is 0 Å². The van der Waals surface area contributed by atoms with Crippen LogP contribution >= 0.6 is 0 Å². The lowest BCUT2D eigenvalue weighted by atomic mass is 9.43. The standard InChI is InChI=1S/C26H40O5/c1-16(27)26(29)12-10-20-19-8-7-17-14-18(28)9-11-24(17,2)23(19)21(15-25(20,26)3)31-22-6-4-5-13-30-22/h17,19-23,29H,4-15H2,1-3H3/t17-,19?,20?,21?,22?,23?,24+,25+,26+/m1/s1. The number of Topliss-reactive ketones (excluding diaryl/α,β-unsaturated/α-hetero) is 2. The SMILES string of the molecule is CC(=O)[C@@]1(O)CCC2C3CC[C@@H]4CC(=O)CC[C@]4(C)C3C(OC3CCCCO3)C[C@@]21C. The van der Waals surface area contributed by atoms with Crippen molar-refractivity contribution in [3.8, 4) is 0 Å². The van der Waals surface area contributed by atoms with E-state index in [1.807, 2.05) is 0 Å². The summed E-state index contributed by atoms with van der Waals surface area (Å²) in [5.41, 5.74) is -1.61. The average Bonchev–Trinajstić information content (AvgIpc) is 3.01. The molecule has 1 N–H and O–H groups in total. The van der Waals surface area contributed by atoms with Gasteiger partial charge in [-0.15, -0.1) is 0 Å². The first-order valence-electron chi connectivity index (χ1n) is 12.7. The van der Waals surface area contributed by atoms with Gasteiger partial charge in [0.05, 0.1) is 6.10 Å². The Morgan fingerprint density at radius 1 is 1.13 bits per heavy atom. The quantitative estimate of drug-likeness (QED) is 0.714.